The molecule has 2 rings (SSSR count). The number of nitrogens with one attached hydrogen (secondary N) is 2. The van der Waals surface area contributed by atoms with E-state index in [-0.39, 0.29) is 17.6 Å². The molecule has 21 heavy (non-hydrogen) atoms. The molecule has 112 valence electrons. The minimum atomic E-state index is -0.0690. The molecule has 0 fully saturated rings. The predicted molar refractivity (Wildman–Crippen MR) is 88.4 cm³/mol. The third-order valence-corrected chi connectivity index (χ3v) is 4.10. The fourth-order valence-corrected chi connectivity index (χ4v) is 2.82. The standard InChI is InChI=1S/C16H20BrN3O/c1-9(13-5-7-14(17)8-6-13)18-10(2)15-11(3)19-12(4)20-16(15)21/h5-10,18H,1-4H3,(H,19,20,21). The molecule has 0 spiro atoms. The van der Waals surface area contributed by atoms with E-state index in [1.165, 1.54) is 5.56 Å². The third kappa shape index (κ3) is 3.80. The molecule has 1 heterocycles. The number of hydrogen-bond acceptors (Lipinski definition) is 3. The quantitative estimate of drug-likeness (QED) is 0.887. The molecule has 1 aromatic carbocycles. The molecule has 0 radical (unpaired) electrons. The van der Waals surface area contributed by atoms with Gasteiger partial charge in [-0.3, -0.25) is 4.79 Å². The SMILES string of the molecule is Cc1nc(C)c(C(C)NC(C)c2ccc(Br)cc2)c(=O)[nH]1. The van der Waals surface area contributed by atoms with E-state index >= 15 is 0 Å². The van der Waals surface area contributed by atoms with Crippen molar-refractivity contribution >= 4 is 15.9 Å². The van der Waals surface area contributed by atoms with E-state index in [9.17, 15) is 4.79 Å². The first-order chi connectivity index (χ1) is 9.88. The van der Waals surface area contributed by atoms with Gasteiger partial charge in [0.05, 0.1) is 5.56 Å². The van der Waals surface area contributed by atoms with E-state index in [1.807, 2.05) is 26.0 Å². The molecule has 5 heteroatoms. The van der Waals surface area contributed by atoms with Gasteiger partial charge in [-0.2, -0.15) is 0 Å². The minimum absolute atomic E-state index is 0.0667. The molecule has 2 unspecified atom stereocenters. The Morgan fingerprint density at radius 2 is 1.76 bits per heavy atom. The van der Waals surface area contributed by atoms with Crippen LogP contribution >= 0.6 is 15.9 Å². The van der Waals surface area contributed by atoms with Gasteiger partial charge >= 0.3 is 0 Å². The molecule has 0 aliphatic heterocycles. The highest BCUT2D eigenvalue weighted by molar-refractivity contribution is 9.10. The van der Waals surface area contributed by atoms with Crippen molar-refractivity contribution in [3.05, 3.63) is 61.7 Å². The number of hydrogen-bond donors (Lipinski definition) is 2. The molecule has 0 aliphatic carbocycles. The van der Waals surface area contributed by atoms with Gasteiger partial charge < -0.3 is 10.3 Å². The highest BCUT2D eigenvalue weighted by Crippen LogP contribution is 2.20. The van der Waals surface area contributed by atoms with Gasteiger partial charge in [-0.25, -0.2) is 4.98 Å². The van der Waals surface area contributed by atoms with Gasteiger partial charge in [0, 0.05) is 22.3 Å². The summed E-state index contributed by atoms with van der Waals surface area (Å²) in [7, 11) is 0. The molecule has 0 aliphatic rings. The van der Waals surface area contributed by atoms with Crippen LogP contribution in [0.1, 0.15) is 48.6 Å². The van der Waals surface area contributed by atoms with Crippen molar-refractivity contribution < 1.29 is 0 Å². The van der Waals surface area contributed by atoms with Crippen LogP contribution in [-0.4, -0.2) is 9.97 Å². The molecule has 4 nitrogen and oxygen atoms in total. The lowest BCUT2D eigenvalue weighted by atomic mass is 10.0. The van der Waals surface area contributed by atoms with Gasteiger partial charge in [-0.15, -0.1) is 0 Å². The van der Waals surface area contributed by atoms with Crippen LogP contribution in [0, 0.1) is 13.8 Å². The molecular weight excluding hydrogens is 330 g/mol. The zero-order chi connectivity index (χ0) is 15.6. The van der Waals surface area contributed by atoms with E-state index in [4.69, 9.17) is 0 Å². The number of aromatic amines is 1. The van der Waals surface area contributed by atoms with Gasteiger partial charge in [-0.05, 0) is 45.4 Å². The van der Waals surface area contributed by atoms with Crippen LogP contribution in [0.25, 0.3) is 0 Å². The topological polar surface area (TPSA) is 57.8 Å². The van der Waals surface area contributed by atoms with Crippen molar-refractivity contribution in [2.75, 3.05) is 0 Å². The number of benzene rings is 1. The second kappa shape index (κ2) is 6.54. The van der Waals surface area contributed by atoms with Gasteiger partial charge in [0.25, 0.3) is 5.56 Å². The van der Waals surface area contributed by atoms with Gasteiger partial charge in [0.15, 0.2) is 0 Å². The Morgan fingerprint density at radius 3 is 2.33 bits per heavy atom. The van der Waals surface area contributed by atoms with Crippen molar-refractivity contribution in [2.24, 2.45) is 0 Å². The van der Waals surface area contributed by atoms with Gasteiger partial charge in [0.2, 0.25) is 0 Å². The van der Waals surface area contributed by atoms with Crippen LogP contribution in [-0.2, 0) is 0 Å². The summed E-state index contributed by atoms with van der Waals surface area (Å²) in [5.41, 5.74) is 2.59. The van der Waals surface area contributed by atoms with Crippen LogP contribution in [0.4, 0.5) is 0 Å². The van der Waals surface area contributed by atoms with E-state index in [0.29, 0.717) is 11.4 Å². The molecule has 2 atom stereocenters. The summed E-state index contributed by atoms with van der Waals surface area (Å²) in [5.74, 6) is 0.648. The fraction of sp³-hybridized carbons (Fsp3) is 0.375. The first-order valence-corrected chi connectivity index (χ1v) is 7.76. The Labute approximate surface area is 133 Å². The monoisotopic (exact) mass is 349 g/mol. The maximum absolute atomic E-state index is 12.1. The second-order valence-electron chi connectivity index (χ2n) is 5.31. The molecule has 0 saturated carbocycles. The van der Waals surface area contributed by atoms with E-state index in [2.05, 4.69) is 50.3 Å². The maximum atomic E-state index is 12.1. The summed E-state index contributed by atoms with van der Waals surface area (Å²) in [5, 5.41) is 3.46. The number of H-pyrrole nitrogens is 1. The highest BCUT2D eigenvalue weighted by atomic mass is 79.9. The summed E-state index contributed by atoms with van der Waals surface area (Å²) in [6, 6.07) is 8.25. The Kier molecular flexibility index (Phi) is 4.96. The summed E-state index contributed by atoms with van der Waals surface area (Å²) in [6.07, 6.45) is 0. The van der Waals surface area contributed by atoms with E-state index in [0.717, 1.165) is 10.2 Å². The first-order valence-electron chi connectivity index (χ1n) is 6.97. The van der Waals surface area contributed by atoms with Crippen LogP contribution < -0.4 is 10.9 Å². The summed E-state index contributed by atoms with van der Waals surface area (Å²) in [6.45, 7) is 7.75. The normalized spacial score (nSPS) is 14.0. The molecule has 2 N–H and O–H groups in total. The van der Waals surface area contributed by atoms with Crippen LogP contribution in [0.2, 0.25) is 0 Å². The number of aryl methyl sites for hydroxylation is 2. The van der Waals surface area contributed by atoms with Crippen molar-refractivity contribution in [1.82, 2.24) is 15.3 Å². The molecule has 0 bridgehead atoms. The Balaban J connectivity index is 2.20. The fourth-order valence-electron chi connectivity index (χ4n) is 2.55. The second-order valence-corrected chi connectivity index (χ2v) is 6.23. The summed E-state index contributed by atoms with van der Waals surface area (Å²) < 4.78 is 1.06. The van der Waals surface area contributed by atoms with Crippen LogP contribution in [0.5, 0.6) is 0 Å². The molecule has 0 amide bonds. The molecule has 1 aromatic heterocycles. The average molecular weight is 350 g/mol. The smallest absolute Gasteiger partial charge is 0.255 e. The molecular formula is C16H20BrN3O. The van der Waals surface area contributed by atoms with Crippen molar-refractivity contribution in [3.63, 3.8) is 0 Å². The lowest BCUT2D eigenvalue weighted by Crippen LogP contribution is -2.29. The van der Waals surface area contributed by atoms with E-state index < -0.39 is 0 Å². The van der Waals surface area contributed by atoms with E-state index in [1.54, 1.807) is 6.92 Å². The molecule has 2 aromatic rings. The zero-order valence-corrected chi connectivity index (χ0v) is 14.3. The Bertz CT molecular complexity index is 679. The first kappa shape index (κ1) is 15.9. The predicted octanol–water partition coefficient (Wildman–Crippen LogP) is 3.56. The Hall–Kier alpha value is -1.46. The number of aromatic nitrogens is 2. The number of rotatable bonds is 4. The van der Waals surface area contributed by atoms with Gasteiger partial charge in [0.1, 0.15) is 5.82 Å². The van der Waals surface area contributed by atoms with Crippen molar-refractivity contribution in [2.45, 2.75) is 39.8 Å². The lowest BCUT2D eigenvalue weighted by molar-refractivity contribution is 0.487. The van der Waals surface area contributed by atoms with Crippen LogP contribution in [0.15, 0.2) is 33.5 Å². The van der Waals surface area contributed by atoms with Crippen LogP contribution in [0.3, 0.4) is 0 Å². The Morgan fingerprint density at radius 1 is 1.14 bits per heavy atom. The van der Waals surface area contributed by atoms with Gasteiger partial charge in [-0.1, -0.05) is 28.1 Å². The van der Waals surface area contributed by atoms with Crippen molar-refractivity contribution in [3.8, 4) is 0 Å². The summed E-state index contributed by atoms with van der Waals surface area (Å²) in [4.78, 5) is 19.2. The largest absolute Gasteiger partial charge is 0.310 e. The van der Waals surface area contributed by atoms with Crippen molar-refractivity contribution in [1.29, 1.82) is 0 Å². The molecule has 0 saturated heterocycles. The minimum Gasteiger partial charge on any atom is -0.310 e. The average Bonchev–Trinajstić information content (AvgIpc) is 2.37. The zero-order valence-electron chi connectivity index (χ0n) is 12.7. The number of nitrogens with zero attached hydrogens (tertiary/aromatic N) is 1. The lowest BCUT2D eigenvalue weighted by Gasteiger charge is -2.21. The highest BCUT2D eigenvalue weighted by Gasteiger charge is 2.17. The maximum Gasteiger partial charge on any atom is 0.255 e. The number of halogens is 1. The summed E-state index contributed by atoms with van der Waals surface area (Å²) >= 11 is 3.43. The third-order valence-electron chi connectivity index (χ3n) is 3.57.